The minimum atomic E-state index is -1.69. The maximum absolute atomic E-state index is 16.9. The molecular formula is C69H15NO4. The molecule has 0 unspecified atom stereocenters. The van der Waals surface area contributed by atoms with E-state index in [0.717, 1.165) is 6.42 Å². The number of benzene rings is 18. The number of rotatable bonds is 7. The maximum atomic E-state index is 16.9. The summed E-state index contributed by atoms with van der Waals surface area (Å²) < 4.78 is 13.6. The molecule has 0 aromatic heterocycles. The van der Waals surface area contributed by atoms with Crippen LogP contribution in [0.3, 0.4) is 0 Å². The molecule has 0 bridgehead atoms. The molecule has 1 fully saturated rings. The van der Waals surface area contributed by atoms with Gasteiger partial charge in [0.05, 0.1) is 24.0 Å². The zero-order chi connectivity index (χ0) is 45.1. The first-order valence-electron chi connectivity index (χ1n) is 27.5. The molecule has 0 aliphatic heterocycles. The highest BCUT2D eigenvalue weighted by molar-refractivity contribution is 6.82. The molecule has 28 aromatic carbocycles. The third-order valence-electron chi connectivity index (χ3n) is 26.1. The van der Waals surface area contributed by atoms with E-state index in [2.05, 4.69) is 0 Å². The Hall–Kier alpha value is -8.64. The van der Waals surface area contributed by atoms with Gasteiger partial charge in [0.25, 0.3) is 0 Å². The fourth-order valence-electron chi connectivity index (χ4n) is 26.0. The van der Waals surface area contributed by atoms with Crippen molar-refractivity contribution in [2.24, 2.45) is 11.1 Å². The van der Waals surface area contributed by atoms with Crippen LogP contribution in [0.25, 0.3) is 291 Å². The van der Waals surface area contributed by atoms with Crippen LogP contribution < -0.4 is 5.73 Å². The monoisotopic (exact) mass is 921 g/mol. The van der Waals surface area contributed by atoms with Crippen LogP contribution >= 0.6 is 0 Å². The number of unbranched alkanes of at least 4 members (excludes halogenated alkanes) is 1. The first kappa shape index (κ1) is 29.2. The third-order valence-corrected chi connectivity index (χ3v) is 26.1. The van der Waals surface area contributed by atoms with E-state index < -0.39 is 16.2 Å². The molecule has 0 atom stereocenters. The van der Waals surface area contributed by atoms with E-state index in [0.29, 0.717) is 13.0 Å². The van der Waals surface area contributed by atoms with Gasteiger partial charge in [0.15, 0.2) is 5.41 Å². The first-order valence-corrected chi connectivity index (χ1v) is 27.5. The first-order chi connectivity index (χ1) is 36.7. The van der Waals surface area contributed by atoms with Gasteiger partial charge in [-0.1, -0.05) is 0 Å². The zero-order valence-corrected chi connectivity index (χ0v) is 38.2. The number of hydrogen-bond acceptors (Lipinski definition) is 5. The highest BCUT2D eigenvalue weighted by atomic mass is 16.6. The Morgan fingerprint density at radius 1 is 0.284 bits per heavy atom. The number of carbonyl (C=O) groups excluding carboxylic acids is 2. The van der Waals surface area contributed by atoms with Crippen LogP contribution in [0.15, 0.2) is 0 Å². The van der Waals surface area contributed by atoms with Crippen molar-refractivity contribution in [3.63, 3.8) is 0 Å². The van der Waals surface area contributed by atoms with Crippen molar-refractivity contribution in [1.82, 2.24) is 0 Å². The van der Waals surface area contributed by atoms with E-state index in [1.807, 2.05) is 6.92 Å². The lowest BCUT2D eigenvalue weighted by molar-refractivity contribution is -0.166. The third kappa shape index (κ3) is 1.53. The van der Waals surface area contributed by atoms with Crippen molar-refractivity contribution >= 4 is 303 Å². The summed E-state index contributed by atoms with van der Waals surface area (Å²) >= 11 is 0. The van der Waals surface area contributed by atoms with E-state index in [-0.39, 0.29) is 25.2 Å². The summed E-state index contributed by atoms with van der Waals surface area (Å²) in [6.45, 7) is 2.87. The summed E-state index contributed by atoms with van der Waals surface area (Å²) in [5.41, 5.74) is 7.41. The SMILES string of the molecule is CCOC(=O)C1(C(=O)OCCCCN)C23c4c5c6c7c8c9c(c%10c%11c2c2c4c4c%12c5c5c6c6c8c8c%13c9c9c%10c%10c%11c%11c2c2c4c4c%12c%12c5c5c6c8c6c8c%13c9c9c%10c%10c%11c2c2c4c4c%12c5c6c5c8c9c%10c2c45)C713. The molecule has 2 spiro atoms. The molecule has 0 amide bonds. The van der Waals surface area contributed by atoms with Crippen LogP contribution in [-0.4, -0.2) is 31.7 Å². The standard InChI is InChI=1S/C69H15NO4/c1-2-73-65(71)69(66(72)74-6-4-3-5-70)67-61-53-45-35-25-17-9-7-8-11-15-13(9)21-29-23(15)33-27-19(11)20-12(8)16-14-10(7)18(17)26-32-22(14)30-24(16)34-28(20)38-37(27)47-41(33)51-43(29)49(39(45)31(21)25)57(61)59(51)63-55(47)56-48(38)42(34)52-44(30)50-40(32)46(36(26)35)54(53)62(67)58(50)60(52)64(56)68(63,67)69/h2-6,70H2,1H3. The number of hydrogen-bond donors (Lipinski definition) is 1. The topological polar surface area (TPSA) is 78.6 Å². The van der Waals surface area contributed by atoms with E-state index >= 15 is 9.59 Å². The van der Waals surface area contributed by atoms with Gasteiger partial charge in [-0.2, -0.15) is 0 Å². The van der Waals surface area contributed by atoms with Crippen molar-refractivity contribution in [2.75, 3.05) is 19.8 Å². The van der Waals surface area contributed by atoms with Crippen LogP contribution in [0.4, 0.5) is 0 Å². The Morgan fingerprint density at radius 3 is 0.635 bits per heavy atom. The van der Waals surface area contributed by atoms with E-state index in [1.54, 1.807) is 53.9 Å². The van der Waals surface area contributed by atoms with E-state index in [1.165, 1.54) is 259 Å². The molecule has 2 N–H and O–H groups in total. The lowest BCUT2D eigenvalue weighted by atomic mass is 9.68. The van der Waals surface area contributed by atoms with Crippen molar-refractivity contribution in [1.29, 1.82) is 0 Å². The highest BCUT2D eigenvalue weighted by Gasteiger charge is 3.01. The number of esters is 2. The second kappa shape index (κ2) is 6.70. The summed E-state index contributed by atoms with van der Waals surface area (Å²) in [6.07, 6.45) is 1.40. The van der Waals surface area contributed by atoms with E-state index in [9.17, 15) is 0 Å². The molecule has 33 rings (SSSR count). The van der Waals surface area contributed by atoms with Crippen molar-refractivity contribution < 1.29 is 19.1 Å². The largest absolute Gasteiger partial charge is 0.465 e. The Balaban J connectivity index is 1.12. The predicted octanol–water partition coefficient (Wildman–Crippen LogP) is 16.1. The van der Waals surface area contributed by atoms with Gasteiger partial charge in [-0.05, 0) is 339 Å². The fourth-order valence-corrected chi connectivity index (χ4v) is 26.0. The average molecular weight is 922 g/mol. The quantitative estimate of drug-likeness (QED) is 0.0746. The summed E-state index contributed by atoms with van der Waals surface area (Å²) in [4.78, 5) is 33.7. The summed E-state index contributed by atoms with van der Waals surface area (Å²) in [7, 11) is 0. The van der Waals surface area contributed by atoms with Gasteiger partial charge in [0.2, 0.25) is 0 Å². The molecule has 320 valence electrons. The van der Waals surface area contributed by atoms with Crippen LogP contribution in [-0.2, 0) is 29.9 Å². The lowest BCUT2D eigenvalue weighted by Crippen LogP contribution is -2.38. The molecule has 0 radical (unpaired) electrons. The summed E-state index contributed by atoms with van der Waals surface area (Å²) in [5.74, 6) is -0.776. The summed E-state index contributed by atoms with van der Waals surface area (Å²) in [5, 5.41) is 80.0. The molecule has 5 heteroatoms. The predicted molar refractivity (Wildman–Crippen MR) is 302 cm³/mol. The van der Waals surface area contributed by atoms with Gasteiger partial charge < -0.3 is 15.2 Å². The van der Waals surface area contributed by atoms with Gasteiger partial charge in [-0.15, -0.1) is 0 Å². The number of nitrogens with two attached hydrogens (primary N) is 1. The Kier molecular flexibility index (Phi) is 2.64. The molecule has 28 aromatic rings. The average Bonchev–Trinajstić information content (AvgIpc) is 3.26. The number of carbonyl (C=O) groups is 2. The van der Waals surface area contributed by atoms with Crippen molar-refractivity contribution in [3.05, 3.63) is 22.3 Å². The Bertz CT molecular complexity index is 6810. The zero-order valence-electron chi connectivity index (χ0n) is 38.2. The van der Waals surface area contributed by atoms with Crippen LogP contribution in [0, 0.1) is 5.41 Å². The molecule has 74 heavy (non-hydrogen) atoms. The molecule has 0 saturated heterocycles. The lowest BCUT2D eigenvalue weighted by Gasteiger charge is -2.32. The molecule has 5 nitrogen and oxygen atoms in total. The van der Waals surface area contributed by atoms with Gasteiger partial charge in [0.1, 0.15) is 0 Å². The van der Waals surface area contributed by atoms with Gasteiger partial charge in [0, 0.05) is 0 Å². The molecule has 5 aliphatic rings. The van der Waals surface area contributed by atoms with Gasteiger partial charge >= 0.3 is 11.9 Å². The minimum absolute atomic E-state index is 0.187. The second-order valence-electron chi connectivity index (χ2n) is 26.4. The molecule has 5 aliphatic carbocycles. The minimum Gasteiger partial charge on any atom is -0.465 e. The van der Waals surface area contributed by atoms with Crippen LogP contribution in [0.5, 0.6) is 0 Å². The van der Waals surface area contributed by atoms with Crippen molar-refractivity contribution in [3.8, 4) is 0 Å². The van der Waals surface area contributed by atoms with E-state index in [4.69, 9.17) is 15.2 Å². The highest BCUT2D eigenvalue weighted by Crippen LogP contribution is 2.96. The fraction of sp³-hybridized carbons (Fsp3) is 0.130. The summed E-state index contributed by atoms with van der Waals surface area (Å²) in [6, 6.07) is 0. The molecular weight excluding hydrogens is 907 g/mol. The molecule has 1 saturated carbocycles. The maximum Gasteiger partial charge on any atom is 0.326 e. The Morgan fingerprint density at radius 2 is 0.459 bits per heavy atom. The smallest absolute Gasteiger partial charge is 0.326 e. The van der Waals surface area contributed by atoms with Crippen LogP contribution in [0.2, 0.25) is 0 Å². The van der Waals surface area contributed by atoms with Crippen LogP contribution in [0.1, 0.15) is 42.0 Å². The van der Waals surface area contributed by atoms with Gasteiger partial charge in [-0.3, -0.25) is 9.59 Å². The van der Waals surface area contributed by atoms with Crippen molar-refractivity contribution in [2.45, 2.75) is 30.6 Å². The number of ether oxygens (including phenoxy) is 2. The normalized spacial score (nSPS) is 23.5. The van der Waals surface area contributed by atoms with Gasteiger partial charge in [-0.25, -0.2) is 0 Å². The molecule has 0 heterocycles. The Labute approximate surface area is 403 Å². The second-order valence-corrected chi connectivity index (χ2v) is 26.4.